The molecule has 110 valence electrons. The summed E-state index contributed by atoms with van der Waals surface area (Å²) in [6.45, 7) is 8.26. The molecule has 1 aliphatic heterocycles. The number of rotatable bonds is 3. The third kappa shape index (κ3) is 2.93. The second-order valence-electron chi connectivity index (χ2n) is 6.90. The van der Waals surface area contributed by atoms with Gasteiger partial charge in [0.15, 0.2) is 11.5 Å². The van der Waals surface area contributed by atoms with E-state index in [1.54, 1.807) is 0 Å². The minimum absolute atomic E-state index is 0.352. The molecule has 20 heavy (non-hydrogen) atoms. The zero-order valence-corrected chi connectivity index (χ0v) is 12.7. The molecule has 1 saturated carbocycles. The molecular weight excluding hydrogens is 250 g/mol. The quantitative estimate of drug-likeness (QED) is 0.912. The molecule has 0 bridgehead atoms. The van der Waals surface area contributed by atoms with Gasteiger partial charge in [0.2, 0.25) is 0 Å². The first kappa shape index (κ1) is 13.7. The van der Waals surface area contributed by atoms with Crippen LogP contribution >= 0.6 is 0 Å². The van der Waals surface area contributed by atoms with Crippen molar-refractivity contribution < 1.29 is 9.47 Å². The van der Waals surface area contributed by atoms with Crippen molar-refractivity contribution in [3.05, 3.63) is 23.8 Å². The molecule has 1 N–H and O–H groups in total. The van der Waals surface area contributed by atoms with E-state index in [-0.39, 0.29) is 0 Å². The van der Waals surface area contributed by atoms with Crippen molar-refractivity contribution in [3.8, 4) is 11.5 Å². The standard InChI is InChI=1S/C17H25NO2/c1-12(18-14-6-7-17(2,3)11-14)13-4-5-15-16(10-13)20-9-8-19-15/h4-5,10,12,14,18H,6-9,11H2,1-3H3. The average molecular weight is 275 g/mol. The van der Waals surface area contributed by atoms with Crippen LogP contribution in [0.3, 0.4) is 0 Å². The molecule has 1 aromatic carbocycles. The fourth-order valence-electron chi connectivity index (χ4n) is 3.36. The van der Waals surface area contributed by atoms with E-state index >= 15 is 0 Å². The highest BCUT2D eigenvalue weighted by molar-refractivity contribution is 5.44. The summed E-state index contributed by atoms with van der Waals surface area (Å²) in [6, 6.07) is 7.27. The van der Waals surface area contributed by atoms with E-state index in [2.05, 4.69) is 38.2 Å². The number of ether oxygens (including phenoxy) is 2. The second kappa shape index (κ2) is 5.28. The van der Waals surface area contributed by atoms with Crippen LogP contribution in [-0.2, 0) is 0 Å². The molecule has 1 aromatic rings. The molecule has 2 unspecified atom stereocenters. The summed E-state index contributed by atoms with van der Waals surface area (Å²) in [7, 11) is 0. The highest BCUT2D eigenvalue weighted by atomic mass is 16.6. The lowest BCUT2D eigenvalue weighted by Crippen LogP contribution is -2.30. The highest BCUT2D eigenvalue weighted by Crippen LogP contribution is 2.38. The normalized spacial score (nSPS) is 25.4. The fourth-order valence-corrected chi connectivity index (χ4v) is 3.36. The van der Waals surface area contributed by atoms with Gasteiger partial charge in [0.05, 0.1) is 0 Å². The van der Waals surface area contributed by atoms with Gasteiger partial charge in [-0.3, -0.25) is 0 Å². The zero-order valence-electron chi connectivity index (χ0n) is 12.7. The van der Waals surface area contributed by atoms with E-state index in [0.717, 1.165) is 11.5 Å². The van der Waals surface area contributed by atoms with Crippen LogP contribution in [0.1, 0.15) is 51.6 Å². The Balaban J connectivity index is 1.66. The number of benzene rings is 1. The van der Waals surface area contributed by atoms with Crippen LogP contribution in [0.4, 0.5) is 0 Å². The number of hydrogen-bond donors (Lipinski definition) is 1. The Morgan fingerprint density at radius 2 is 1.95 bits per heavy atom. The molecule has 3 nitrogen and oxygen atoms in total. The van der Waals surface area contributed by atoms with E-state index in [9.17, 15) is 0 Å². The predicted molar refractivity (Wildman–Crippen MR) is 80.4 cm³/mol. The first-order valence-corrected chi connectivity index (χ1v) is 7.69. The summed E-state index contributed by atoms with van der Waals surface area (Å²) in [4.78, 5) is 0. The van der Waals surface area contributed by atoms with Gasteiger partial charge < -0.3 is 14.8 Å². The van der Waals surface area contributed by atoms with Crippen molar-refractivity contribution in [2.45, 2.75) is 52.1 Å². The minimum atomic E-state index is 0.352. The Kier molecular flexibility index (Phi) is 3.63. The third-order valence-corrected chi connectivity index (χ3v) is 4.52. The Morgan fingerprint density at radius 1 is 1.20 bits per heavy atom. The Morgan fingerprint density at radius 3 is 2.65 bits per heavy atom. The monoisotopic (exact) mass is 275 g/mol. The first-order valence-electron chi connectivity index (χ1n) is 7.69. The van der Waals surface area contributed by atoms with Crippen molar-refractivity contribution in [2.75, 3.05) is 13.2 Å². The first-order chi connectivity index (χ1) is 9.53. The molecule has 1 fully saturated rings. The van der Waals surface area contributed by atoms with Crippen LogP contribution in [0.15, 0.2) is 18.2 Å². The summed E-state index contributed by atoms with van der Waals surface area (Å²) in [5.41, 5.74) is 1.77. The maximum absolute atomic E-state index is 5.66. The Bertz CT molecular complexity index is 484. The van der Waals surface area contributed by atoms with Crippen molar-refractivity contribution in [1.29, 1.82) is 0 Å². The maximum Gasteiger partial charge on any atom is 0.161 e. The molecule has 0 spiro atoms. The summed E-state index contributed by atoms with van der Waals surface area (Å²) in [5, 5.41) is 3.76. The third-order valence-electron chi connectivity index (χ3n) is 4.52. The van der Waals surface area contributed by atoms with Crippen molar-refractivity contribution in [3.63, 3.8) is 0 Å². The van der Waals surface area contributed by atoms with Crippen LogP contribution in [0.2, 0.25) is 0 Å². The SMILES string of the molecule is CC(NC1CCC(C)(C)C1)c1ccc2c(c1)OCCO2. The molecule has 2 aliphatic rings. The van der Waals surface area contributed by atoms with E-state index in [4.69, 9.17) is 9.47 Å². The second-order valence-corrected chi connectivity index (χ2v) is 6.90. The molecule has 2 atom stereocenters. The summed E-state index contributed by atoms with van der Waals surface area (Å²) in [5.74, 6) is 1.75. The molecule has 0 aromatic heterocycles. The van der Waals surface area contributed by atoms with Crippen LogP contribution in [0, 0.1) is 5.41 Å². The van der Waals surface area contributed by atoms with Crippen molar-refractivity contribution in [1.82, 2.24) is 5.32 Å². The van der Waals surface area contributed by atoms with Gasteiger partial charge in [-0.2, -0.15) is 0 Å². The van der Waals surface area contributed by atoms with Crippen molar-refractivity contribution in [2.24, 2.45) is 5.41 Å². The van der Waals surface area contributed by atoms with Crippen LogP contribution < -0.4 is 14.8 Å². The summed E-state index contributed by atoms with van der Waals surface area (Å²) >= 11 is 0. The van der Waals surface area contributed by atoms with Crippen LogP contribution in [0.25, 0.3) is 0 Å². The Hall–Kier alpha value is -1.22. The lowest BCUT2D eigenvalue weighted by Gasteiger charge is -2.24. The van der Waals surface area contributed by atoms with E-state index in [0.29, 0.717) is 30.7 Å². The van der Waals surface area contributed by atoms with Gasteiger partial charge in [0, 0.05) is 12.1 Å². The van der Waals surface area contributed by atoms with Gasteiger partial charge in [0.25, 0.3) is 0 Å². The highest BCUT2D eigenvalue weighted by Gasteiger charge is 2.31. The average Bonchev–Trinajstić information content (AvgIpc) is 2.77. The molecule has 0 radical (unpaired) electrons. The van der Waals surface area contributed by atoms with Gasteiger partial charge in [-0.1, -0.05) is 19.9 Å². The van der Waals surface area contributed by atoms with E-state index < -0.39 is 0 Å². The van der Waals surface area contributed by atoms with E-state index in [1.807, 2.05) is 6.07 Å². The summed E-state index contributed by atoms with van der Waals surface area (Å²) < 4.78 is 11.2. The van der Waals surface area contributed by atoms with Gasteiger partial charge in [-0.25, -0.2) is 0 Å². The maximum atomic E-state index is 5.66. The van der Waals surface area contributed by atoms with E-state index in [1.165, 1.54) is 24.8 Å². The van der Waals surface area contributed by atoms with Gasteiger partial charge in [-0.15, -0.1) is 0 Å². The van der Waals surface area contributed by atoms with Gasteiger partial charge in [-0.05, 0) is 49.3 Å². The van der Waals surface area contributed by atoms with Crippen LogP contribution in [-0.4, -0.2) is 19.3 Å². The van der Waals surface area contributed by atoms with Crippen molar-refractivity contribution >= 4 is 0 Å². The minimum Gasteiger partial charge on any atom is -0.486 e. The number of nitrogens with one attached hydrogen (secondary N) is 1. The van der Waals surface area contributed by atoms with Crippen LogP contribution in [0.5, 0.6) is 11.5 Å². The molecule has 0 amide bonds. The molecule has 3 rings (SSSR count). The lowest BCUT2D eigenvalue weighted by molar-refractivity contribution is 0.171. The van der Waals surface area contributed by atoms with Gasteiger partial charge in [0.1, 0.15) is 13.2 Å². The fraction of sp³-hybridized carbons (Fsp3) is 0.647. The molecular formula is C17H25NO2. The Labute approximate surface area is 121 Å². The number of fused-ring (bicyclic) bond motifs is 1. The van der Waals surface area contributed by atoms with Gasteiger partial charge >= 0.3 is 0 Å². The summed E-state index contributed by atoms with van der Waals surface area (Å²) in [6.07, 6.45) is 3.86. The predicted octanol–water partition coefficient (Wildman–Crippen LogP) is 3.69. The largest absolute Gasteiger partial charge is 0.486 e. The molecule has 0 saturated heterocycles. The lowest BCUT2D eigenvalue weighted by atomic mass is 9.91. The topological polar surface area (TPSA) is 30.5 Å². The molecule has 1 heterocycles. The molecule has 1 aliphatic carbocycles. The number of hydrogen-bond acceptors (Lipinski definition) is 3. The zero-order chi connectivity index (χ0) is 14.2. The molecule has 3 heteroatoms. The smallest absolute Gasteiger partial charge is 0.161 e.